The van der Waals surface area contributed by atoms with Crippen LogP contribution in [0.1, 0.15) is 27.0 Å². The Morgan fingerprint density at radius 3 is 2.37 bits per heavy atom. The average molecular weight is 401 g/mol. The number of carbonyl (C=O) groups is 1. The SMILES string of the molecule is O=C(NCCc1ccc(N2CCc3ccccc3C2)cc1)c1ccc([N+](=O)[O-])cc1. The lowest BCUT2D eigenvalue weighted by molar-refractivity contribution is -0.384. The molecule has 3 aromatic carbocycles. The summed E-state index contributed by atoms with van der Waals surface area (Å²) in [6.07, 6.45) is 1.79. The molecule has 0 fully saturated rings. The second-order valence-corrected chi connectivity index (χ2v) is 7.42. The van der Waals surface area contributed by atoms with Gasteiger partial charge in [0, 0.05) is 43.0 Å². The predicted molar refractivity (Wildman–Crippen MR) is 117 cm³/mol. The summed E-state index contributed by atoms with van der Waals surface area (Å²) in [5.41, 5.74) is 5.59. The maximum atomic E-state index is 12.2. The van der Waals surface area contributed by atoms with Gasteiger partial charge < -0.3 is 10.2 Å². The Kier molecular flexibility index (Phi) is 5.75. The average Bonchev–Trinajstić information content (AvgIpc) is 2.79. The summed E-state index contributed by atoms with van der Waals surface area (Å²) in [5, 5.41) is 13.6. The van der Waals surface area contributed by atoms with Gasteiger partial charge in [0.25, 0.3) is 11.6 Å². The number of nitrogens with one attached hydrogen (secondary N) is 1. The highest BCUT2D eigenvalue weighted by molar-refractivity contribution is 5.94. The molecule has 0 aromatic heterocycles. The minimum Gasteiger partial charge on any atom is -0.367 e. The molecule has 0 unspecified atom stereocenters. The second-order valence-electron chi connectivity index (χ2n) is 7.42. The van der Waals surface area contributed by atoms with Crippen LogP contribution in [-0.2, 0) is 19.4 Å². The standard InChI is InChI=1S/C24H23N3O3/c28-24(20-7-11-23(12-8-20)27(29)30)25-15-13-18-5-9-22(10-6-18)26-16-14-19-3-1-2-4-21(19)17-26/h1-12H,13-17H2,(H,25,28). The molecule has 1 heterocycles. The monoisotopic (exact) mass is 401 g/mol. The van der Waals surface area contributed by atoms with Gasteiger partial charge in [-0.2, -0.15) is 0 Å². The first-order valence-electron chi connectivity index (χ1n) is 10.0. The molecule has 0 bridgehead atoms. The summed E-state index contributed by atoms with van der Waals surface area (Å²) in [5.74, 6) is -0.228. The highest BCUT2D eigenvalue weighted by Gasteiger charge is 2.16. The third-order valence-corrected chi connectivity index (χ3v) is 5.47. The van der Waals surface area contributed by atoms with Gasteiger partial charge in [-0.15, -0.1) is 0 Å². The lowest BCUT2D eigenvalue weighted by Gasteiger charge is -2.30. The topological polar surface area (TPSA) is 75.5 Å². The van der Waals surface area contributed by atoms with Crippen molar-refractivity contribution >= 4 is 17.3 Å². The first-order chi connectivity index (χ1) is 14.6. The van der Waals surface area contributed by atoms with Crippen LogP contribution in [0.5, 0.6) is 0 Å². The fourth-order valence-corrected chi connectivity index (χ4v) is 3.75. The molecule has 1 aliphatic rings. The fraction of sp³-hybridized carbons (Fsp3) is 0.208. The van der Waals surface area contributed by atoms with E-state index in [1.54, 1.807) is 0 Å². The van der Waals surface area contributed by atoms with E-state index in [0.29, 0.717) is 12.1 Å². The van der Waals surface area contributed by atoms with Crippen LogP contribution >= 0.6 is 0 Å². The lowest BCUT2D eigenvalue weighted by atomic mass is 9.99. The van der Waals surface area contributed by atoms with Crippen LogP contribution in [0.3, 0.4) is 0 Å². The van der Waals surface area contributed by atoms with Crippen LogP contribution in [0, 0.1) is 10.1 Å². The quantitative estimate of drug-likeness (QED) is 0.498. The molecule has 6 nitrogen and oxygen atoms in total. The first kappa shape index (κ1) is 19.6. The van der Waals surface area contributed by atoms with E-state index in [4.69, 9.17) is 0 Å². The van der Waals surface area contributed by atoms with Crippen LogP contribution in [0.25, 0.3) is 0 Å². The van der Waals surface area contributed by atoms with E-state index in [2.05, 4.69) is 58.7 Å². The number of amides is 1. The maximum absolute atomic E-state index is 12.2. The van der Waals surface area contributed by atoms with Crippen LogP contribution in [0.4, 0.5) is 11.4 Å². The van der Waals surface area contributed by atoms with E-state index >= 15 is 0 Å². The Labute approximate surface area is 175 Å². The van der Waals surface area contributed by atoms with Crippen molar-refractivity contribution < 1.29 is 9.72 Å². The van der Waals surface area contributed by atoms with Crippen molar-refractivity contribution in [1.82, 2.24) is 5.32 Å². The number of fused-ring (bicyclic) bond motifs is 1. The zero-order valence-corrected chi connectivity index (χ0v) is 16.6. The lowest BCUT2D eigenvalue weighted by Crippen LogP contribution is -2.30. The van der Waals surface area contributed by atoms with Crippen LogP contribution in [-0.4, -0.2) is 23.9 Å². The molecular formula is C24H23N3O3. The number of non-ortho nitro benzene ring substituents is 1. The van der Waals surface area contributed by atoms with Gasteiger partial charge in [0.05, 0.1) is 4.92 Å². The number of anilines is 1. The molecule has 0 radical (unpaired) electrons. The van der Waals surface area contributed by atoms with Gasteiger partial charge in [-0.05, 0) is 53.8 Å². The van der Waals surface area contributed by atoms with Gasteiger partial charge in [0.1, 0.15) is 0 Å². The summed E-state index contributed by atoms with van der Waals surface area (Å²) in [4.78, 5) is 24.8. The fourth-order valence-electron chi connectivity index (χ4n) is 3.75. The number of nitro benzene ring substituents is 1. The van der Waals surface area contributed by atoms with Crippen molar-refractivity contribution in [1.29, 1.82) is 0 Å². The van der Waals surface area contributed by atoms with Crippen molar-refractivity contribution in [2.45, 2.75) is 19.4 Å². The molecular weight excluding hydrogens is 378 g/mol. The normalized spacial score (nSPS) is 12.9. The van der Waals surface area contributed by atoms with Gasteiger partial charge in [-0.3, -0.25) is 14.9 Å². The van der Waals surface area contributed by atoms with E-state index < -0.39 is 4.92 Å². The van der Waals surface area contributed by atoms with Gasteiger partial charge in [0.2, 0.25) is 0 Å². The second kappa shape index (κ2) is 8.78. The smallest absolute Gasteiger partial charge is 0.269 e. The summed E-state index contributed by atoms with van der Waals surface area (Å²) >= 11 is 0. The Balaban J connectivity index is 1.29. The Bertz CT molecular complexity index is 1050. The molecule has 1 aliphatic heterocycles. The maximum Gasteiger partial charge on any atom is 0.269 e. The Hall–Kier alpha value is -3.67. The van der Waals surface area contributed by atoms with Crippen LogP contribution < -0.4 is 10.2 Å². The molecule has 4 rings (SSSR count). The van der Waals surface area contributed by atoms with Gasteiger partial charge in [0.15, 0.2) is 0 Å². The molecule has 30 heavy (non-hydrogen) atoms. The molecule has 0 aliphatic carbocycles. The Morgan fingerprint density at radius 2 is 1.67 bits per heavy atom. The number of hydrogen-bond donors (Lipinski definition) is 1. The Morgan fingerprint density at radius 1 is 0.967 bits per heavy atom. The zero-order valence-electron chi connectivity index (χ0n) is 16.6. The highest BCUT2D eigenvalue weighted by atomic mass is 16.6. The third-order valence-electron chi connectivity index (χ3n) is 5.47. The van der Waals surface area contributed by atoms with Crippen molar-refractivity contribution in [3.8, 4) is 0 Å². The third kappa shape index (κ3) is 4.49. The zero-order chi connectivity index (χ0) is 20.9. The number of nitro groups is 1. The summed E-state index contributed by atoms with van der Waals surface area (Å²) in [6, 6.07) is 22.7. The highest BCUT2D eigenvalue weighted by Crippen LogP contribution is 2.24. The molecule has 3 aromatic rings. The number of benzene rings is 3. The van der Waals surface area contributed by atoms with Crippen molar-refractivity contribution in [2.24, 2.45) is 0 Å². The largest absolute Gasteiger partial charge is 0.367 e. The van der Waals surface area contributed by atoms with Crippen molar-refractivity contribution in [3.05, 3.63) is 105 Å². The van der Waals surface area contributed by atoms with E-state index in [1.165, 1.54) is 41.1 Å². The minimum atomic E-state index is -0.478. The summed E-state index contributed by atoms with van der Waals surface area (Å²) < 4.78 is 0. The number of carbonyl (C=O) groups excluding carboxylic acids is 1. The molecule has 152 valence electrons. The van der Waals surface area contributed by atoms with Gasteiger partial charge in [-0.25, -0.2) is 0 Å². The first-order valence-corrected chi connectivity index (χ1v) is 10.0. The van der Waals surface area contributed by atoms with E-state index in [-0.39, 0.29) is 11.6 Å². The molecule has 1 amide bonds. The molecule has 6 heteroatoms. The molecule has 0 atom stereocenters. The van der Waals surface area contributed by atoms with E-state index in [9.17, 15) is 14.9 Å². The molecule has 1 N–H and O–H groups in total. The van der Waals surface area contributed by atoms with Crippen molar-refractivity contribution in [3.63, 3.8) is 0 Å². The predicted octanol–water partition coefficient (Wildman–Crippen LogP) is 4.13. The number of nitrogens with zero attached hydrogens (tertiary/aromatic N) is 2. The van der Waals surface area contributed by atoms with Crippen molar-refractivity contribution in [2.75, 3.05) is 18.0 Å². The summed E-state index contributed by atoms with van der Waals surface area (Å²) in [6.45, 7) is 2.45. The van der Waals surface area contributed by atoms with Crippen LogP contribution in [0.15, 0.2) is 72.8 Å². The van der Waals surface area contributed by atoms with Gasteiger partial charge in [-0.1, -0.05) is 36.4 Å². The van der Waals surface area contributed by atoms with E-state index in [0.717, 1.165) is 31.5 Å². The number of hydrogen-bond acceptors (Lipinski definition) is 4. The number of rotatable bonds is 6. The summed E-state index contributed by atoms with van der Waals surface area (Å²) in [7, 11) is 0. The molecule has 0 spiro atoms. The van der Waals surface area contributed by atoms with E-state index in [1.807, 2.05) is 0 Å². The van der Waals surface area contributed by atoms with Gasteiger partial charge >= 0.3 is 0 Å². The minimum absolute atomic E-state index is 0.0242. The molecule has 0 saturated carbocycles. The molecule has 0 saturated heterocycles. The van der Waals surface area contributed by atoms with Crippen LogP contribution in [0.2, 0.25) is 0 Å².